The highest BCUT2D eigenvalue weighted by Crippen LogP contribution is 2.29. The molecule has 0 radical (unpaired) electrons. The molecule has 0 aliphatic heterocycles. The van der Waals surface area contributed by atoms with E-state index in [2.05, 4.69) is 17.1 Å². The second-order valence-electron chi connectivity index (χ2n) is 7.08. The molecule has 1 atom stereocenters. The van der Waals surface area contributed by atoms with Gasteiger partial charge >= 0.3 is 5.97 Å². The SMILES string of the molecule is COC(=O)c1cc2ccccc2c([C@@H](Cc2ccccc2)OCc2ccccc2)n1. The van der Waals surface area contributed by atoms with Gasteiger partial charge in [0.05, 0.1) is 19.4 Å². The number of nitrogens with zero attached hydrogens (tertiary/aromatic N) is 1. The summed E-state index contributed by atoms with van der Waals surface area (Å²) < 4.78 is 11.3. The molecule has 0 aliphatic rings. The van der Waals surface area contributed by atoms with E-state index in [1.807, 2.05) is 72.8 Å². The lowest BCUT2D eigenvalue weighted by Crippen LogP contribution is -2.14. The minimum Gasteiger partial charge on any atom is -0.464 e. The summed E-state index contributed by atoms with van der Waals surface area (Å²) in [6, 6.07) is 29.9. The molecule has 4 rings (SSSR count). The first-order chi connectivity index (χ1) is 14.7. The molecular weight excluding hydrogens is 374 g/mol. The molecule has 1 aromatic heterocycles. The van der Waals surface area contributed by atoms with E-state index in [4.69, 9.17) is 9.47 Å². The van der Waals surface area contributed by atoms with Crippen molar-refractivity contribution in [3.8, 4) is 0 Å². The molecule has 0 spiro atoms. The number of methoxy groups -OCH3 is 1. The molecular formula is C26H23NO3. The first kappa shape index (κ1) is 19.8. The van der Waals surface area contributed by atoms with Crippen LogP contribution >= 0.6 is 0 Å². The smallest absolute Gasteiger partial charge is 0.356 e. The van der Waals surface area contributed by atoms with E-state index in [9.17, 15) is 4.79 Å². The van der Waals surface area contributed by atoms with Gasteiger partial charge in [0.2, 0.25) is 0 Å². The molecule has 1 heterocycles. The summed E-state index contributed by atoms with van der Waals surface area (Å²) >= 11 is 0. The van der Waals surface area contributed by atoms with Gasteiger partial charge in [0.1, 0.15) is 11.8 Å². The first-order valence-electron chi connectivity index (χ1n) is 9.92. The van der Waals surface area contributed by atoms with Crippen molar-refractivity contribution in [2.45, 2.75) is 19.1 Å². The summed E-state index contributed by atoms with van der Waals surface area (Å²) in [6.07, 6.45) is 0.331. The Kier molecular flexibility index (Phi) is 6.16. The van der Waals surface area contributed by atoms with Crippen molar-refractivity contribution in [2.24, 2.45) is 0 Å². The molecule has 0 bridgehead atoms. The second-order valence-corrected chi connectivity index (χ2v) is 7.08. The molecule has 30 heavy (non-hydrogen) atoms. The number of ether oxygens (including phenoxy) is 2. The number of benzene rings is 3. The fourth-order valence-electron chi connectivity index (χ4n) is 3.51. The van der Waals surface area contributed by atoms with Crippen LogP contribution in [0.25, 0.3) is 10.8 Å². The van der Waals surface area contributed by atoms with Crippen LogP contribution < -0.4 is 0 Å². The number of esters is 1. The zero-order valence-corrected chi connectivity index (χ0v) is 16.8. The number of hydrogen-bond donors (Lipinski definition) is 0. The Bertz CT molecular complexity index is 1130. The molecule has 150 valence electrons. The van der Waals surface area contributed by atoms with Gasteiger partial charge < -0.3 is 9.47 Å². The normalized spacial score (nSPS) is 11.9. The van der Waals surface area contributed by atoms with Crippen molar-refractivity contribution in [3.05, 3.63) is 114 Å². The molecule has 0 N–H and O–H groups in total. The van der Waals surface area contributed by atoms with E-state index in [0.29, 0.717) is 13.0 Å². The lowest BCUT2D eigenvalue weighted by Gasteiger charge is -2.20. The topological polar surface area (TPSA) is 48.4 Å². The number of carbonyl (C=O) groups is 1. The zero-order valence-electron chi connectivity index (χ0n) is 16.8. The number of rotatable bonds is 7. The van der Waals surface area contributed by atoms with Crippen LogP contribution in [0.5, 0.6) is 0 Å². The molecule has 4 nitrogen and oxygen atoms in total. The molecule has 4 heteroatoms. The summed E-state index contributed by atoms with van der Waals surface area (Å²) in [7, 11) is 1.37. The number of fused-ring (bicyclic) bond motifs is 1. The molecule has 4 aromatic rings. The summed E-state index contributed by atoms with van der Waals surface area (Å²) in [5, 5.41) is 1.91. The molecule has 0 saturated heterocycles. The van der Waals surface area contributed by atoms with E-state index in [0.717, 1.165) is 27.6 Å². The van der Waals surface area contributed by atoms with Crippen molar-refractivity contribution >= 4 is 16.7 Å². The first-order valence-corrected chi connectivity index (χ1v) is 9.92. The van der Waals surface area contributed by atoms with Gasteiger partial charge in [0.25, 0.3) is 0 Å². The van der Waals surface area contributed by atoms with E-state index < -0.39 is 5.97 Å². The minimum atomic E-state index is -0.455. The third-order valence-electron chi connectivity index (χ3n) is 5.03. The van der Waals surface area contributed by atoms with Crippen LogP contribution in [0.2, 0.25) is 0 Å². The van der Waals surface area contributed by atoms with E-state index in [1.165, 1.54) is 7.11 Å². The van der Waals surface area contributed by atoms with Crippen LogP contribution in [0.15, 0.2) is 91.0 Å². The Morgan fingerprint density at radius 1 is 0.867 bits per heavy atom. The average Bonchev–Trinajstić information content (AvgIpc) is 2.82. The number of hydrogen-bond acceptors (Lipinski definition) is 4. The van der Waals surface area contributed by atoms with Gasteiger partial charge in [-0.2, -0.15) is 0 Å². The molecule has 0 aliphatic carbocycles. The Morgan fingerprint density at radius 3 is 2.20 bits per heavy atom. The highest BCUT2D eigenvalue weighted by atomic mass is 16.5. The van der Waals surface area contributed by atoms with Gasteiger partial charge in [-0.3, -0.25) is 0 Å². The highest BCUT2D eigenvalue weighted by Gasteiger charge is 2.21. The van der Waals surface area contributed by atoms with Gasteiger partial charge in [-0.05, 0) is 22.6 Å². The highest BCUT2D eigenvalue weighted by molar-refractivity contribution is 5.94. The summed E-state index contributed by atoms with van der Waals surface area (Å²) in [5.74, 6) is -0.455. The molecule has 0 fully saturated rings. The maximum Gasteiger partial charge on any atom is 0.356 e. The van der Waals surface area contributed by atoms with Crippen molar-refractivity contribution in [3.63, 3.8) is 0 Å². The fourth-order valence-corrected chi connectivity index (χ4v) is 3.51. The largest absolute Gasteiger partial charge is 0.464 e. The molecule has 0 unspecified atom stereocenters. The van der Waals surface area contributed by atoms with Crippen LogP contribution in [0.1, 0.15) is 33.4 Å². The Hall–Kier alpha value is -3.50. The van der Waals surface area contributed by atoms with Crippen molar-refractivity contribution < 1.29 is 14.3 Å². The molecule has 0 amide bonds. The Morgan fingerprint density at radius 2 is 1.50 bits per heavy atom. The average molecular weight is 397 g/mol. The zero-order chi connectivity index (χ0) is 20.8. The van der Waals surface area contributed by atoms with Gasteiger partial charge in [0.15, 0.2) is 0 Å². The lowest BCUT2D eigenvalue weighted by atomic mass is 9.99. The van der Waals surface area contributed by atoms with Crippen molar-refractivity contribution in [1.82, 2.24) is 4.98 Å². The van der Waals surface area contributed by atoms with Crippen LogP contribution in [0.4, 0.5) is 0 Å². The summed E-state index contributed by atoms with van der Waals surface area (Å²) in [5.41, 5.74) is 3.26. The van der Waals surface area contributed by atoms with Crippen LogP contribution in [0, 0.1) is 0 Å². The van der Waals surface area contributed by atoms with Crippen LogP contribution in [-0.2, 0) is 22.5 Å². The third-order valence-corrected chi connectivity index (χ3v) is 5.03. The summed E-state index contributed by atoms with van der Waals surface area (Å²) in [4.78, 5) is 16.9. The predicted molar refractivity (Wildman–Crippen MR) is 117 cm³/mol. The standard InChI is InChI=1S/C26H23NO3/c1-29-26(28)23-17-21-14-8-9-15-22(21)25(27-23)24(16-19-10-4-2-5-11-19)30-18-20-12-6-3-7-13-20/h2-15,17,24H,16,18H2,1H3/t24-/m1/s1. The van der Waals surface area contributed by atoms with Gasteiger partial charge in [0, 0.05) is 11.8 Å². The van der Waals surface area contributed by atoms with Gasteiger partial charge in [-0.25, -0.2) is 9.78 Å². The van der Waals surface area contributed by atoms with Crippen molar-refractivity contribution in [2.75, 3.05) is 7.11 Å². The number of aromatic nitrogens is 1. The van der Waals surface area contributed by atoms with E-state index >= 15 is 0 Å². The second kappa shape index (κ2) is 9.33. The fraction of sp³-hybridized carbons (Fsp3) is 0.154. The number of carbonyl (C=O) groups excluding carboxylic acids is 1. The van der Waals surface area contributed by atoms with Crippen molar-refractivity contribution in [1.29, 1.82) is 0 Å². The maximum atomic E-state index is 12.2. The Balaban J connectivity index is 1.76. The quantitative estimate of drug-likeness (QED) is 0.385. The summed E-state index contributed by atoms with van der Waals surface area (Å²) in [6.45, 7) is 0.455. The molecule has 3 aromatic carbocycles. The van der Waals surface area contributed by atoms with E-state index in [-0.39, 0.29) is 11.8 Å². The lowest BCUT2D eigenvalue weighted by molar-refractivity contribution is 0.0377. The van der Waals surface area contributed by atoms with E-state index in [1.54, 1.807) is 6.07 Å². The third kappa shape index (κ3) is 4.56. The molecule has 0 saturated carbocycles. The maximum absolute atomic E-state index is 12.2. The van der Waals surface area contributed by atoms with Gasteiger partial charge in [-0.1, -0.05) is 84.9 Å². The van der Waals surface area contributed by atoms with Crippen LogP contribution in [0.3, 0.4) is 0 Å². The monoisotopic (exact) mass is 397 g/mol. The van der Waals surface area contributed by atoms with Gasteiger partial charge in [-0.15, -0.1) is 0 Å². The van der Waals surface area contributed by atoms with Crippen LogP contribution in [-0.4, -0.2) is 18.1 Å². The predicted octanol–water partition coefficient (Wildman–Crippen LogP) is 5.52. The Labute approximate surface area is 176 Å². The number of pyridine rings is 1. The minimum absolute atomic E-state index is 0.285.